The number of esters is 1. The minimum atomic E-state index is -0.552. The third-order valence-electron chi connectivity index (χ3n) is 8.48. The Labute approximate surface area is 256 Å². The van der Waals surface area contributed by atoms with Gasteiger partial charge in [0.1, 0.15) is 17.6 Å². The van der Waals surface area contributed by atoms with E-state index in [0.29, 0.717) is 22.6 Å². The maximum absolute atomic E-state index is 13.4. The number of Topliss-reactive ketones (excluding diaryl/α,β-unsaturated/α-hetero) is 1. The third-order valence-corrected chi connectivity index (χ3v) is 8.48. The van der Waals surface area contributed by atoms with Crippen LogP contribution in [0.1, 0.15) is 61.2 Å². The van der Waals surface area contributed by atoms with Crippen LogP contribution in [0, 0.1) is 5.92 Å². The van der Waals surface area contributed by atoms with E-state index >= 15 is 0 Å². The summed E-state index contributed by atoms with van der Waals surface area (Å²) in [5.74, 6) is -0.159. The molecule has 6 rings (SSSR count). The number of cyclic esters (lactones) is 1. The lowest BCUT2D eigenvalue weighted by molar-refractivity contribution is -0.143. The third kappa shape index (κ3) is 5.71. The van der Waals surface area contributed by atoms with Crippen molar-refractivity contribution in [3.05, 3.63) is 143 Å². The topological polar surface area (TPSA) is 78.9 Å². The van der Waals surface area contributed by atoms with E-state index in [1.54, 1.807) is 50.6 Å². The molecular weight excluding hydrogens is 552 g/mol. The van der Waals surface area contributed by atoms with Gasteiger partial charge in [0.05, 0.1) is 20.1 Å². The fraction of sp³-hybridized carbons (Fsp3) is 0.184. The molecule has 1 aliphatic heterocycles. The summed E-state index contributed by atoms with van der Waals surface area (Å²) >= 11 is 0. The normalized spacial score (nSPS) is 20.4. The molecule has 0 aromatic heterocycles. The van der Waals surface area contributed by atoms with Crippen molar-refractivity contribution in [2.45, 2.75) is 24.4 Å². The Hall–Kier alpha value is -5.23. The van der Waals surface area contributed by atoms with Gasteiger partial charge in [-0.05, 0) is 58.7 Å². The molecule has 0 saturated carbocycles. The summed E-state index contributed by atoms with van der Waals surface area (Å²) in [6.45, 7) is 0. The highest BCUT2D eigenvalue weighted by Crippen LogP contribution is 2.55. The summed E-state index contributed by atoms with van der Waals surface area (Å²) in [4.78, 5) is 39.5. The van der Waals surface area contributed by atoms with E-state index in [-0.39, 0.29) is 35.8 Å². The number of benzene rings is 4. The summed E-state index contributed by atoms with van der Waals surface area (Å²) in [6, 6.07) is 29.7. The van der Waals surface area contributed by atoms with Gasteiger partial charge in [0, 0.05) is 29.4 Å². The van der Waals surface area contributed by atoms with Crippen molar-refractivity contribution >= 4 is 29.7 Å². The van der Waals surface area contributed by atoms with Crippen molar-refractivity contribution in [3.8, 4) is 11.5 Å². The molecule has 4 aromatic rings. The monoisotopic (exact) mass is 584 g/mol. The van der Waals surface area contributed by atoms with Gasteiger partial charge in [-0.2, -0.15) is 0 Å². The summed E-state index contributed by atoms with van der Waals surface area (Å²) in [6.07, 6.45) is 6.77. The van der Waals surface area contributed by atoms with Crippen LogP contribution in [0.4, 0.5) is 0 Å². The summed E-state index contributed by atoms with van der Waals surface area (Å²) < 4.78 is 17.0. The highest BCUT2D eigenvalue weighted by atomic mass is 16.6. The van der Waals surface area contributed by atoms with Crippen molar-refractivity contribution in [1.82, 2.24) is 0 Å². The van der Waals surface area contributed by atoms with Crippen LogP contribution in [0.5, 0.6) is 11.5 Å². The number of hydrogen-bond donors (Lipinski definition) is 0. The largest absolute Gasteiger partial charge is 0.497 e. The average Bonchev–Trinajstić information content (AvgIpc) is 3.57. The van der Waals surface area contributed by atoms with Gasteiger partial charge in [0.2, 0.25) is 0 Å². The van der Waals surface area contributed by atoms with E-state index in [2.05, 4.69) is 0 Å². The van der Waals surface area contributed by atoms with Crippen LogP contribution in [0.15, 0.2) is 109 Å². The van der Waals surface area contributed by atoms with Crippen LogP contribution >= 0.6 is 0 Å². The molecule has 0 N–H and O–H groups in total. The molecule has 0 radical (unpaired) electrons. The van der Waals surface area contributed by atoms with Gasteiger partial charge in [-0.15, -0.1) is 0 Å². The summed E-state index contributed by atoms with van der Waals surface area (Å²) in [7, 11) is 3.21. The van der Waals surface area contributed by atoms with Gasteiger partial charge in [-0.1, -0.05) is 84.9 Å². The molecule has 0 amide bonds. The number of fused-ring (bicyclic) bond motifs is 3. The summed E-state index contributed by atoms with van der Waals surface area (Å²) in [5, 5.41) is 0. The Balaban J connectivity index is 1.31. The van der Waals surface area contributed by atoms with Crippen LogP contribution in [-0.2, 0) is 9.53 Å². The Morgan fingerprint density at radius 2 is 1.39 bits per heavy atom. The van der Waals surface area contributed by atoms with E-state index in [1.807, 2.05) is 84.9 Å². The molecular formula is C38H32O6. The molecule has 6 nitrogen and oxygen atoms in total. The van der Waals surface area contributed by atoms with Crippen LogP contribution < -0.4 is 9.47 Å². The van der Waals surface area contributed by atoms with Gasteiger partial charge in [0.15, 0.2) is 11.6 Å². The van der Waals surface area contributed by atoms with Crippen molar-refractivity contribution < 1.29 is 28.6 Å². The van der Waals surface area contributed by atoms with Crippen LogP contribution in [0.3, 0.4) is 0 Å². The zero-order chi connectivity index (χ0) is 30.6. The second-order valence-electron chi connectivity index (χ2n) is 11.0. The second kappa shape index (κ2) is 12.6. The number of carbonyl (C=O) groups is 3. The van der Waals surface area contributed by atoms with Gasteiger partial charge < -0.3 is 14.2 Å². The predicted molar refractivity (Wildman–Crippen MR) is 169 cm³/mol. The first-order valence-corrected chi connectivity index (χ1v) is 14.6. The molecule has 44 heavy (non-hydrogen) atoms. The molecule has 0 spiro atoms. The fourth-order valence-electron chi connectivity index (χ4n) is 6.30. The number of methoxy groups -OCH3 is 2. The van der Waals surface area contributed by atoms with E-state index in [9.17, 15) is 14.4 Å². The van der Waals surface area contributed by atoms with Gasteiger partial charge in [-0.3, -0.25) is 14.4 Å². The highest BCUT2D eigenvalue weighted by molar-refractivity contribution is 6.07. The maximum Gasteiger partial charge on any atom is 0.310 e. The number of ether oxygens (including phenoxy) is 3. The maximum atomic E-state index is 13.4. The lowest BCUT2D eigenvalue weighted by Gasteiger charge is -2.16. The number of ketones is 2. The number of allylic oxidation sites excluding steroid dienone is 1. The molecule has 4 atom stereocenters. The lowest BCUT2D eigenvalue weighted by Crippen LogP contribution is -2.19. The van der Waals surface area contributed by atoms with Gasteiger partial charge in [0.25, 0.3) is 0 Å². The van der Waals surface area contributed by atoms with Crippen molar-refractivity contribution in [2.75, 3.05) is 14.2 Å². The molecule has 2 aliphatic rings. The molecule has 0 bridgehead atoms. The van der Waals surface area contributed by atoms with E-state index < -0.39 is 12.0 Å². The molecule has 1 saturated heterocycles. The number of rotatable bonds is 10. The standard InChI is InChI=1S/C38H32O6/c1-42-28-16-13-24(14-19-33(39)25-9-5-3-6-10-25)27(21-28)15-20-35-36-31-22-29(43-2)17-18-30(31)32(37(36)38(41)44-35)23-34(40)26-11-7-4-8-12-26/h3-22,32,35-37H,23H2,1-2H3/b19-14+,20-15+/t32-,35+,36-,37-/m0/s1. The Kier molecular flexibility index (Phi) is 8.24. The van der Waals surface area contributed by atoms with Crippen LogP contribution in [0.25, 0.3) is 12.2 Å². The second-order valence-corrected chi connectivity index (χ2v) is 11.0. The van der Waals surface area contributed by atoms with Gasteiger partial charge >= 0.3 is 5.97 Å². The van der Waals surface area contributed by atoms with Gasteiger partial charge in [-0.25, -0.2) is 0 Å². The SMILES string of the molecule is COc1ccc(/C=C/C(=O)c2ccccc2)c(/C=C/[C@H]2OC(=O)[C@@H]3[C@H]2c2cc(OC)ccc2[C@@H]3CC(=O)c2ccccc2)c1. The summed E-state index contributed by atoms with van der Waals surface area (Å²) in [5.41, 5.74) is 4.78. The first kappa shape index (κ1) is 28.9. The molecule has 1 aliphatic carbocycles. The zero-order valence-corrected chi connectivity index (χ0v) is 24.5. The molecule has 6 heteroatoms. The Bertz CT molecular complexity index is 1760. The molecule has 1 heterocycles. The zero-order valence-electron chi connectivity index (χ0n) is 24.5. The highest BCUT2D eigenvalue weighted by Gasteiger charge is 2.54. The molecule has 4 aromatic carbocycles. The van der Waals surface area contributed by atoms with Crippen LogP contribution in [0.2, 0.25) is 0 Å². The molecule has 0 unspecified atom stereocenters. The Morgan fingerprint density at radius 1 is 0.727 bits per heavy atom. The first-order chi connectivity index (χ1) is 21.5. The Morgan fingerprint density at radius 3 is 2.09 bits per heavy atom. The minimum absolute atomic E-state index is 0.0114. The van der Waals surface area contributed by atoms with Crippen molar-refractivity contribution in [2.24, 2.45) is 5.92 Å². The lowest BCUT2D eigenvalue weighted by atomic mass is 9.82. The molecule has 1 fully saturated rings. The molecule has 220 valence electrons. The number of hydrogen-bond acceptors (Lipinski definition) is 6. The smallest absolute Gasteiger partial charge is 0.310 e. The van der Waals surface area contributed by atoms with Crippen molar-refractivity contribution in [1.29, 1.82) is 0 Å². The first-order valence-electron chi connectivity index (χ1n) is 14.6. The van der Waals surface area contributed by atoms with E-state index in [1.165, 1.54) is 0 Å². The minimum Gasteiger partial charge on any atom is -0.497 e. The number of carbonyl (C=O) groups excluding carboxylic acids is 3. The van der Waals surface area contributed by atoms with E-state index in [0.717, 1.165) is 22.3 Å². The fourth-order valence-corrected chi connectivity index (χ4v) is 6.30. The average molecular weight is 585 g/mol. The van der Waals surface area contributed by atoms with Crippen LogP contribution in [-0.4, -0.2) is 37.9 Å². The quantitative estimate of drug-likeness (QED) is 0.111. The van der Waals surface area contributed by atoms with E-state index in [4.69, 9.17) is 14.2 Å². The predicted octanol–water partition coefficient (Wildman–Crippen LogP) is 7.31. The van der Waals surface area contributed by atoms with Crippen molar-refractivity contribution in [3.63, 3.8) is 0 Å².